The second-order valence-electron chi connectivity index (χ2n) is 7.31. The maximum absolute atomic E-state index is 11.6. The van der Waals surface area contributed by atoms with Crippen LogP contribution in [0.1, 0.15) is 98.8 Å². The summed E-state index contributed by atoms with van der Waals surface area (Å²) in [6.45, 7) is 11.2. The fourth-order valence-corrected chi connectivity index (χ4v) is 2.56. The zero-order valence-electron chi connectivity index (χ0n) is 17.3. The van der Waals surface area contributed by atoms with E-state index >= 15 is 0 Å². The highest BCUT2D eigenvalue weighted by atomic mass is 16.5. The van der Waals surface area contributed by atoms with Crippen LogP contribution in [0.25, 0.3) is 0 Å². The van der Waals surface area contributed by atoms with E-state index in [4.69, 9.17) is 4.74 Å². The standard InChI is InChI=1S/C23H40O2/c1-6-7-8-9-10-17-23(24)25-19-18-22(5)16-12-15-21(4)14-11-13-20(2)3/h13,15,18H,6-12,14,16-17,19H2,1-5H3/b21-15-,22-18+. The summed E-state index contributed by atoms with van der Waals surface area (Å²) < 4.78 is 5.28. The predicted octanol–water partition coefficient (Wildman–Crippen LogP) is 7.31. The molecule has 0 amide bonds. The molecule has 0 aromatic carbocycles. The summed E-state index contributed by atoms with van der Waals surface area (Å²) >= 11 is 0. The summed E-state index contributed by atoms with van der Waals surface area (Å²) in [4.78, 5) is 11.6. The third-order valence-corrected chi connectivity index (χ3v) is 4.28. The maximum atomic E-state index is 11.6. The number of carbonyl (C=O) groups is 1. The molecular weight excluding hydrogens is 308 g/mol. The summed E-state index contributed by atoms with van der Waals surface area (Å²) in [7, 11) is 0. The van der Waals surface area contributed by atoms with Crippen molar-refractivity contribution in [2.75, 3.05) is 6.61 Å². The number of hydrogen-bond acceptors (Lipinski definition) is 2. The number of carbonyl (C=O) groups excluding carboxylic acids is 1. The van der Waals surface area contributed by atoms with Crippen molar-refractivity contribution in [3.63, 3.8) is 0 Å². The molecular formula is C23H40O2. The third kappa shape index (κ3) is 17.3. The van der Waals surface area contributed by atoms with Gasteiger partial charge in [0.1, 0.15) is 6.61 Å². The average molecular weight is 349 g/mol. The molecule has 0 aliphatic carbocycles. The van der Waals surface area contributed by atoms with Gasteiger partial charge in [0.15, 0.2) is 0 Å². The molecule has 0 N–H and O–H groups in total. The molecule has 0 aromatic rings. The van der Waals surface area contributed by atoms with E-state index in [9.17, 15) is 4.79 Å². The van der Waals surface area contributed by atoms with E-state index < -0.39 is 0 Å². The molecule has 2 nitrogen and oxygen atoms in total. The van der Waals surface area contributed by atoms with Gasteiger partial charge in [0.2, 0.25) is 0 Å². The average Bonchev–Trinajstić information content (AvgIpc) is 2.54. The fraction of sp³-hybridized carbons (Fsp3) is 0.696. The Labute approximate surface area is 156 Å². The zero-order chi connectivity index (χ0) is 18.9. The molecule has 25 heavy (non-hydrogen) atoms. The number of esters is 1. The molecule has 0 unspecified atom stereocenters. The van der Waals surface area contributed by atoms with Crippen LogP contribution in [-0.2, 0) is 9.53 Å². The number of ether oxygens (including phenoxy) is 1. The molecule has 0 bridgehead atoms. The lowest BCUT2D eigenvalue weighted by molar-refractivity contribution is -0.142. The summed E-state index contributed by atoms with van der Waals surface area (Å²) in [5, 5.41) is 0. The second-order valence-corrected chi connectivity index (χ2v) is 7.31. The van der Waals surface area contributed by atoms with Gasteiger partial charge in [-0.05, 0) is 65.9 Å². The van der Waals surface area contributed by atoms with Crippen molar-refractivity contribution in [3.8, 4) is 0 Å². The van der Waals surface area contributed by atoms with Gasteiger partial charge in [-0.3, -0.25) is 4.79 Å². The van der Waals surface area contributed by atoms with Crippen LogP contribution in [0, 0.1) is 0 Å². The SMILES string of the molecule is CCCCCCCC(=O)OC/C=C(\C)CC/C=C(/C)CCC=C(C)C. The van der Waals surface area contributed by atoms with Crippen molar-refractivity contribution in [3.05, 3.63) is 34.9 Å². The van der Waals surface area contributed by atoms with Crippen LogP contribution in [-0.4, -0.2) is 12.6 Å². The molecule has 0 fully saturated rings. The zero-order valence-corrected chi connectivity index (χ0v) is 17.3. The van der Waals surface area contributed by atoms with Gasteiger partial charge in [-0.2, -0.15) is 0 Å². The Bertz CT molecular complexity index is 437. The summed E-state index contributed by atoms with van der Waals surface area (Å²) in [5.74, 6) is -0.0597. The molecule has 2 heteroatoms. The first-order valence-electron chi connectivity index (χ1n) is 10.1. The van der Waals surface area contributed by atoms with Crippen molar-refractivity contribution < 1.29 is 9.53 Å². The molecule has 0 aliphatic rings. The highest BCUT2D eigenvalue weighted by Crippen LogP contribution is 2.11. The topological polar surface area (TPSA) is 26.3 Å². The van der Waals surface area contributed by atoms with Gasteiger partial charge in [-0.1, -0.05) is 61.5 Å². The Morgan fingerprint density at radius 1 is 0.760 bits per heavy atom. The van der Waals surface area contributed by atoms with Crippen LogP contribution in [0.15, 0.2) is 34.9 Å². The minimum Gasteiger partial charge on any atom is -0.461 e. The molecule has 0 saturated heterocycles. The van der Waals surface area contributed by atoms with Crippen LogP contribution in [0.4, 0.5) is 0 Å². The van der Waals surface area contributed by atoms with E-state index in [1.165, 1.54) is 36.0 Å². The molecule has 0 saturated carbocycles. The van der Waals surface area contributed by atoms with Gasteiger partial charge in [-0.25, -0.2) is 0 Å². The molecule has 0 heterocycles. The van der Waals surface area contributed by atoms with E-state index in [1.807, 2.05) is 6.08 Å². The Kier molecular flexibility index (Phi) is 15.3. The van der Waals surface area contributed by atoms with Crippen molar-refractivity contribution in [1.82, 2.24) is 0 Å². The van der Waals surface area contributed by atoms with Crippen molar-refractivity contribution >= 4 is 5.97 Å². The van der Waals surface area contributed by atoms with Crippen molar-refractivity contribution in [1.29, 1.82) is 0 Å². The van der Waals surface area contributed by atoms with E-state index in [0.29, 0.717) is 13.0 Å². The highest BCUT2D eigenvalue weighted by Gasteiger charge is 2.01. The lowest BCUT2D eigenvalue weighted by Gasteiger charge is -2.04. The largest absolute Gasteiger partial charge is 0.461 e. The first-order valence-corrected chi connectivity index (χ1v) is 10.1. The lowest BCUT2D eigenvalue weighted by atomic mass is 10.1. The van der Waals surface area contributed by atoms with Crippen LogP contribution < -0.4 is 0 Å². The van der Waals surface area contributed by atoms with Crippen LogP contribution >= 0.6 is 0 Å². The van der Waals surface area contributed by atoms with Gasteiger partial charge >= 0.3 is 5.97 Å². The quantitative estimate of drug-likeness (QED) is 0.187. The van der Waals surface area contributed by atoms with E-state index in [2.05, 4.69) is 46.8 Å². The van der Waals surface area contributed by atoms with Crippen LogP contribution in [0.3, 0.4) is 0 Å². The van der Waals surface area contributed by atoms with Gasteiger partial charge < -0.3 is 4.74 Å². The van der Waals surface area contributed by atoms with E-state index in [0.717, 1.165) is 38.5 Å². The number of unbranched alkanes of at least 4 members (excludes halogenated alkanes) is 4. The molecule has 144 valence electrons. The van der Waals surface area contributed by atoms with Gasteiger partial charge in [0.25, 0.3) is 0 Å². The second kappa shape index (κ2) is 16.2. The van der Waals surface area contributed by atoms with Gasteiger partial charge in [0, 0.05) is 6.42 Å². The van der Waals surface area contributed by atoms with E-state index in [-0.39, 0.29) is 5.97 Å². The summed E-state index contributed by atoms with van der Waals surface area (Å²) in [6.07, 6.45) is 17.4. The minimum absolute atomic E-state index is 0.0597. The van der Waals surface area contributed by atoms with Crippen molar-refractivity contribution in [2.24, 2.45) is 0 Å². The first-order chi connectivity index (χ1) is 12.0. The Balaban J connectivity index is 3.80. The van der Waals surface area contributed by atoms with Gasteiger partial charge in [0.05, 0.1) is 0 Å². The maximum Gasteiger partial charge on any atom is 0.306 e. The molecule has 0 rings (SSSR count). The normalized spacial score (nSPS) is 12.2. The number of allylic oxidation sites excluding steroid dienone is 5. The number of rotatable bonds is 14. The third-order valence-electron chi connectivity index (χ3n) is 4.28. The van der Waals surface area contributed by atoms with Crippen LogP contribution in [0.2, 0.25) is 0 Å². The number of hydrogen-bond donors (Lipinski definition) is 0. The lowest BCUT2D eigenvalue weighted by Crippen LogP contribution is -2.04. The Morgan fingerprint density at radius 2 is 1.36 bits per heavy atom. The summed E-state index contributed by atoms with van der Waals surface area (Å²) in [6, 6.07) is 0. The van der Waals surface area contributed by atoms with Crippen LogP contribution in [0.5, 0.6) is 0 Å². The monoisotopic (exact) mass is 348 g/mol. The molecule has 0 aliphatic heterocycles. The summed E-state index contributed by atoms with van der Waals surface area (Å²) in [5.41, 5.74) is 4.14. The predicted molar refractivity (Wildman–Crippen MR) is 110 cm³/mol. The molecule has 0 radical (unpaired) electrons. The Hall–Kier alpha value is -1.31. The van der Waals surface area contributed by atoms with Crippen molar-refractivity contribution in [2.45, 2.75) is 98.8 Å². The highest BCUT2D eigenvalue weighted by molar-refractivity contribution is 5.69. The first kappa shape index (κ1) is 23.7. The minimum atomic E-state index is -0.0597. The van der Waals surface area contributed by atoms with E-state index in [1.54, 1.807) is 0 Å². The molecule has 0 atom stereocenters. The van der Waals surface area contributed by atoms with Gasteiger partial charge in [-0.15, -0.1) is 0 Å². The Morgan fingerprint density at radius 3 is 2.00 bits per heavy atom. The fourth-order valence-electron chi connectivity index (χ4n) is 2.56. The molecule has 0 spiro atoms. The smallest absolute Gasteiger partial charge is 0.306 e. The molecule has 0 aromatic heterocycles.